The standard InChI is InChI=1S/C15H12ClFN2OS/c1-21-9-3-4-12(17)10(7-9)15(20)11-6-8(16)2-5-13(11)19-14(15)18/h2-7,20H,1H3,(H2,18,19). The lowest BCUT2D eigenvalue weighted by Crippen LogP contribution is -2.40. The van der Waals surface area contributed by atoms with Crippen LogP contribution in [0.4, 0.5) is 10.1 Å². The van der Waals surface area contributed by atoms with E-state index in [1.807, 2.05) is 6.26 Å². The van der Waals surface area contributed by atoms with Gasteiger partial charge in [0.1, 0.15) is 11.7 Å². The first-order valence-corrected chi connectivity index (χ1v) is 7.78. The molecule has 3 nitrogen and oxygen atoms in total. The Bertz CT molecular complexity index is 765. The third-order valence-electron chi connectivity index (χ3n) is 3.52. The van der Waals surface area contributed by atoms with Gasteiger partial charge >= 0.3 is 0 Å². The minimum absolute atomic E-state index is 0.0584. The average Bonchev–Trinajstić information content (AvgIpc) is 2.72. The predicted molar refractivity (Wildman–Crippen MR) is 83.9 cm³/mol. The van der Waals surface area contributed by atoms with Gasteiger partial charge in [0.15, 0.2) is 5.60 Å². The van der Waals surface area contributed by atoms with E-state index < -0.39 is 11.4 Å². The first-order valence-electron chi connectivity index (χ1n) is 6.18. The predicted octanol–water partition coefficient (Wildman–Crippen LogP) is 3.44. The summed E-state index contributed by atoms with van der Waals surface area (Å²) in [5, 5.41) is 11.5. The molecule has 0 spiro atoms. The third kappa shape index (κ3) is 2.12. The zero-order chi connectivity index (χ0) is 15.2. The van der Waals surface area contributed by atoms with Crippen molar-refractivity contribution in [1.82, 2.24) is 0 Å². The van der Waals surface area contributed by atoms with E-state index in [4.69, 9.17) is 17.3 Å². The second-order valence-electron chi connectivity index (χ2n) is 4.71. The van der Waals surface area contributed by atoms with Gasteiger partial charge in [0.2, 0.25) is 0 Å². The van der Waals surface area contributed by atoms with E-state index in [9.17, 15) is 9.50 Å². The van der Waals surface area contributed by atoms with Crippen LogP contribution in [0.15, 0.2) is 46.3 Å². The SMILES string of the molecule is CSc1ccc(F)c(C2(O)C(N)=Nc3ccc(Cl)cc32)c1. The molecule has 0 amide bonds. The molecule has 6 heteroatoms. The number of benzene rings is 2. The molecule has 0 radical (unpaired) electrons. The van der Waals surface area contributed by atoms with Gasteiger partial charge in [-0.1, -0.05) is 11.6 Å². The second kappa shape index (κ2) is 5.02. The molecule has 0 saturated carbocycles. The Kier molecular flexibility index (Phi) is 3.43. The molecule has 2 aromatic rings. The molecule has 1 aliphatic heterocycles. The summed E-state index contributed by atoms with van der Waals surface area (Å²) in [5.41, 5.74) is 5.06. The fourth-order valence-electron chi connectivity index (χ4n) is 2.44. The number of amidine groups is 1. The van der Waals surface area contributed by atoms with Crippen LogP contribution >= 0.6 is 23.4 Å². The second-order valence-corrected chi connectivity index (χ2v) is 6.03. The Morgan fingerprint density at radius 1 is 1.24 bits per heavy atom. The number of hydrogen-bond acceptors (Lipinski definition) is 4. The molecule has 2 aromatic carbocycles. The number of thioether (sulfide) groups is 1. The molecule has 0 saturated heterocycles. The van der Waals surface area contributed by atoms with Crippen LogP contribution in [0.2, 0.25) is 5.02 Å². The summed E-state index contributed by atoms with van der Waals surface area (Å²) in [6.07, 6.45) is 1.87. The highest BCUT2D eigenvalue weighted by Crippen LogP contribution is 2.44. The average molecular weight is 323 g/mol. The zero-order valence-electron chi connectivity index (χ0n) is 11.1. The smallest absolute Gasteiger partial charge is 0.177 e. The fourth-order valence-corrected chi connectivity index (χ4v) is 3.05. The summed E-state index contributed by atoms with van der Waals surface area (Å²) < 4.78 is 14.3. The Labute approximate surface area is 130 Å². The van der Waals surface area contributed by atoms with Gasteiger partial charge in [-0.2, -0.15) is 0 Å². The maximum Gasteiger partial charge on any atom is 0.177 e. The van der Waals surface area contributed by atoms with E-state index in [2.05, 4.69) is 4.99 Å². The van der Waals surface area contributed by atoms with Gasteiger partial charge in [0.25, 0.3) is 0 Å². The van der Waals surface area contributed by atoms with Crippen LogP contribution in [0.3, 0.4) is 0 Å². The minimum atomic E-state index is -1.80. The number of aliphatic imine (C=N–C) groups is 1. The topological polar surface area (TPSA) is 58.6 Å². The minimum Gasteiger partial charge on any atom is -0.384 e. The molecule has 1 heterocycles. The Morgan fingerprint density at radius 2 is 2.00 bits per heavy atom. The molecule has 0 aromatic heterocycles. The number of aliphatic hydroxyl groups is 1. The van der Waals surface area contributed by atoms with Gasteiger partial charge < -0.3 is 10.8 Å². The first kappa shape index (κ1) is 14.4. The van der Waals surface area contributed by atoms with Crippen molar-refractivity contribution >= 4 is 34.9 Å². The van der Waals surface area contributed by atoms with Gasteiger partial charge in [0, 0.05) is 21.0 Å². The highest BCUT2D eigenvalue weighted by Gasteiger charge is 2.44. The van der Waals surface area contributed by atoms with Crippen molar-refractivity contribution in [3.8, 4) is 0 Å². The molecule has 1 atom stereocenters. The summed E-state index contributed by atoms with van der Waals surface area (Å²) in [7, 11) is 0. The summed E-state index contributed by atoms with van der Waals surface area (Å²) in [6.45, 7) is 0. The summed E-state index contributed by atoms with van der Waals surface area (Å²) in [4.78, 5) is 4.95. The van der Waals surface area contributed by atoms with Crippen LogP contribution in [0.5, 0.6) is 0 Å². The molecule has 0 fully saturated rings. The van der Waals surface area contributed by atoms with Crippen molar-refractivity contribution in [2.24, 2.45) is 10.7 Å². The monoisotopic (exact) mass is 322 g/mol. The Balaban J connectivity index is 2.27. The van der Waals surface area contributed by atoms with E-state index in [1.54, 1.807) is 30.3 Å². The third-order valence-corrected chi connectivity index (χ3v) is 4.48. The van der Waals surface area contributed by atoms with Crippen molar-refractivity contribution < 1.29 is 9.50 Å². The van der Waals surface area contributed by atoms with Crippen LogP contribution in [0.1, 0.15) is 11.1 Å². The molecule has 1 aliphatic rings. The van der Waals surface area contributed by atoms with Crippen LogP contribution in [0.25, 0.3) is 0 Å². The molecule has 21 heavy (non-hydrogen) atoms. The molecule has 0 aliphatic carbocycles. The highest BCUT2D eigenvalue weighted by molar-refractivity contribution is 7.98. The zero-order valence-corrected chi connectivity index (χ0v) is 12.7. The largest absolute Gasteiger partial charge is 0.384 e. The van der Waals surface area contributed by atoms with Gasteiger partial charge in [-0.15, -0.1) is 11.8 Å². The van der Waals surface area contributed by atoms with Crippen molar-refractivity contribution in [3.05, 3.63) is 58.4 Å². The molecule has 3 N–H and O–H groups in total. The van der Waals surface area contributed by atoms with Crippen molar-refractivity contribution in [1.29, 1.82) is 0 Å². The van der Waals surface area contributed by atoms with Gasteiger partial charge in [-0.25, -0.2) is 9.38 Å². The van der Waals surface area contributed by atoms with Crippen molar-refractivity contribution in [2.45, 2.75) is 10.5 Å². The lowest BCUT2D eigenvalue weighted by Gasteiger charge is -2.25. The van der Waals surface area contributed by atoms with E-state index in [0.29, 0.717) is 16.3 Å². The van der Waals surface area contributed by atoms with E-state index >= 15 is 0 Å². The normalized spacial score (nSPS) is 20.3. The maximum atomic E-state index is 14.3. The number of rotatable bonds is 2. The van der Waals surface area contributed by atoms with Gasteiger partial charge in [0.05, 0.1) is 5.69 Å². The Morgan fingerprint density at radius 3 is 2.71 bits per heavy atom. The van der Waals surface area contributed by atoms with E-state index in [0.717, 1.165) is 4.90 Å². The van der Waals surface area contributed by atoms with Gasteiger partial charge in [-0.05, 0) is 42.7 Å². The van der Waals surface area contributed by atoms with Crippen molar-refractivity contribution in [3.63, 3.8) is 0 Å². The van der Waals surface area contributed by atoms with Crippen LogP contribution in [-0.4, -0.2) is 17.2 Å². The summed E-state index contributed by atoms with van der Waals surface area (Å²) in [6, 6.07) is 9.41. The summed E-state index contributed by atoms with van der Waals surface area (Å²) >= 11 is 7.43. The van der Waals surface area contributed by atoms with Crippen LogP contribution in [0, 0.1) is 5.82 Å². The number of nitrogens with two attached hydrogens (primary N) is 1. The maximum absolute atomic E-state index is 14.3. The molecule has 0 bridgehead atoms. The number of halogens is 2. The quantitative estimate of drug-likeness (QED) is 0.833. The summed E-state index contributed by atoms with van der Waals surface area (Å²) in [5.74, 6) is -0.599. The lowest BCUT2D eigenvalue weighted by atomic mass is 9.86. The molecular formula is C15H12ClFN2OS. The van der Waals surface area contributed by atoms with E-state index in [-0.39, 0.29) is 11.4 Å². The molecule has 1 unspecified atom stereocenters. The van der Waals surface area contributed by atoms with Crippen LogP contribution in [-0.2, 0) is 5.60 Å². The van der Waals surface area contributed by atoms with Gasteiger partial charge in [-0.3, -0.25) is 0 Å². The lowest BCUT2D eigenvalue weighted by molar-refractivity contribution is 0.153. The first-order chi connectivity index (χ1) is 9.96. The number of nitrogens with zero attached hydrogens (tertiary/aromatic N) is 1. The number of fused-ring (bicyclic) bond motifs is 1. The molecule has 108 valence electrons. The molecular weight excluding hydrogens is 311 g/mol. The Hall–Kier alpha value is -1.56. The van der Waals surface area contributed by atoms with E-state index in [1.165, 1.54) is 17.8 Å². The number of hydrogen-bond donors (Lipinski definition) is 2. The van der Waals surface area contributed by atoms with Crippen molar-refractivity contribution in [2.75, 3.05) is 6.26 Å². The highest BCUT2D eigenvalue weighted by atomic mass is 35.5. The fraction of sp³-hybridized carbons (Fsp3) is 0.133. The van der Waals surface area contributed by atoms with Crippen LogP contribution < -0.4 is 5.73 Å². The molecule has 3 rings (SSSR count).